The predicted molar refractivity (Wildman–Crippen MR) is 79.1 cm³/mol. The number of nitrogen functional groups attached to an aromatic ring is 1. The van der Waals surface area contributed by atoms with E-state index in [9.17, 15) is 13.2 Å². The molecule has 3 N–H and O–H groups in total. The molecule has 0 bridgehead atoms. The third-order valence-electron chi connectivity index (χ3n) is 3.71. The molecule has 21 heavy (non-hydrogen) atoms. The molecular formula is C13H16N4O3S. The van der Waals surface area contributed by atoms with Crippen LogP contribution in [0.4, 0.5) is 5.69 Å². The van der Waals surface area contributed by atoms with Crippen LogP contribution in [-0.4, -0.2) is 55.2 Å². The fourth-order valence-corrected chi connectivity index (χ4v) is 3.94. The molecule has 1 aliphatic rings. The van der Waals surface area contributed by atoms with Crippen molar-refractivity contribution in [3.8, 4) is 0 Å². The average Bonchev–Trinajstić information content (AvgIpc) is 2.85. The number of rotatable bonds is 2. The van der Waals surface area contributed by atoms with E-state index in [1.807, 2.05) is 0 Å². The lowest BCUT2D eigenvalue weighted by molar-refractivity contribution is -0.132. The molecule has 0 radical (unpaired) electrons. The Morgan fingerprint density at radius 1 is 1.29 bits per heavy atom. The Hall–Kier alpha value is -2.06. The molecular weight excluding hydrogens is 292 g/mol. The first-order valence-electron chi connectivity index (χ1n) is 6.50. The molecule has 112 valence electrons. The first-order valence-corrected chi connectivity index (χ1v) is 7.94. The van der Waals surface area contributed by atoms with Gasteiger partial charge in [0, 0.05) is 42.9 Å². The van der Waals surface area contributed by atoms with Crippen LogP contribution in [0.5, 0.6) is 0 Å². The van der Waals surface area contributed by atoms with E-state index >= 15 is 0 Å². The second-order valence-corrected chi connectivity index (χ2v) is 7.02. The van der Waals surface area contributed by atoms with Crippen molar-refractivity contribution in [2.24, 2.45) is 0 Å². The zero-order chi connectivity index (χ0) is 15.2. The largest absolute Gasteiger partial charge is 0.399 e. The van der Waals surface area contributed by atoms with Gasteiger partial charge in [0.25, 0.3) is 0 Å². The number of aromatic amines is 1. The fraction of sp³-hybridized carbons (Fsp3) is 0.308. The van der Waals surface area contributed by atoms with Gasteiger partial charge in [-0.1, -0.05) is 0 Å². The van der Waals surface area contributed by atoms with Gasteiger partial charge in [-0.3, -0.25) is 4.79 Å². The molecule has 0 saturated carbocycles. The van der Waals surface area contributed by atoms with E-state index in [1.54, 1.807) is 25.2 Å². The Labute approximate surface area is 122 Å². The summed E-state index contributed by atoms with van der Waals surface area (Å²) in [5.74, 6) is -0.204. The zero-order valence-corrected chi connectivity index (χ0v) is 12.4. The first-order chi connectivity index (χ1) is 9.89. The number of H-pyrrole nitrogens is 1. The lowest BCUT2D eigenvalue weighted by atomic mass is 10.2. The Kier molecular flexibility index (Phi) is 3.14. The summed E-state index contributed by atoms with van der Waals surface area (Å²) in [4.78, 5) is 16.3. The van der Waals surface area contributed by atoms with Crippen molar-refractivity contribution >= 4 is 32.5 Å². The van der Waals surface area contributed by atoms with Crippen molar-refractivity contribution in [2.45, 2.75) is 4.90 Å². The number of anilines is 1. The predicted octanol–water partition coefficient (Wildman–Crippen LogP) is 0.213. The minimum Gasteiger partial charge on any atom is -0.399 e. The molecule has 8 heteroatoms. The van der Waals surface area contributed by atoms with Crippen LogP contribution in [0.1, 0.15) is 0 Å². The molecule has 2 aromatic rings. The van der Waals surface area contributed by atoms with Crippen LogP contribution in [0.25, 0.3) is 10.9 Å². The molecule has 2 heterocycles. The van der Waals surface area contributed by atoms with Gasteiger partial charge in [-0.15, -0.1) is 0 Å². The summed E-state index contributed by atoms with van der Waals surface area (Å²) in [5, 5.41) is 0.543. The second-order valence-electron chi connectivity index (χ2n) is 5.11. The van der Waals surface area contributed by atoms with Gasteiger partial charge < -0.3 is 15.6 Å². The van der Waals surface area contributed by atoms with Gasteiger partial charge in [0.15, 0.2) is 0 Å². The standard InChI is InChI=1S/C13H16N4O3S/c1-16-4-5-17(8-13(16)18)21(19,20)12-7-15-11-3-2-9(14)6-10(11)12/h2-3,6-7,15H,4-5,8,14H2,1H3. The van der Waals surface area contributed by atoms with E-state index in [-0.39, 0.29) is 17.3 Å². The number of hydrogen-bond donors (Lipinski definition) is 2. The van der Waals surface area contributed by atoms with E-state index in [0.717, 1.165) is 0 Å². The maximum atomic E-state index is 12.7. The Morgan fingerprint density at radius 2 is 2.05 bits per heavy atom. The van der Waals surface area contributed by atoms with Crippen molar-refractivity contribution in [1.29, 1.82) is 0 Å². The minimum atomic E-state index is -3.72. The molecule has 0 atom stereocenters. The molecule has 1 aromatic heterocycles. The van der Waals surface area contributed by atoms with E-state index in [1.165, 1.54) is 15.4 Å². The van der Waals surface area contributed by atoms with Gasteiger partial charge in [0.1, 0.15) is 4.90 Å². The van der Waals surface area contributed by atoms with Gasteiger partial charge in [-0.05, 0) is 18.2 Å². The Balaban J connectivity index is 2.04. The summed E-state index contributed by atoms with van der Waals surface area (Å²) in [5.41, 5.74) is 6.92. The third kappa shape index (κ3) is 2.26. The highest BCUT2D eigenvalue weighted by Gasteiger charge is 2.32. The number of nitrogens with two attached hydrogens (primary N) is 1. The number of benzene rings is 1. The van der Waals surface area contributed by atoms with Crippen LogP contribution in [-0.2, 0) is 14.8 Å². The van der Waals surface area contributed by atoms with Gasteiger partial charge >= 0.3 is 0 Å². The lowest BCUT2D eigenvalue weighted by Gasteiger charge is -2.31. The van der Waals surface area contributed by atoms with Crippen molar-refractivity contribution in [3.63, 3.8) is 0 Å². The van der Waals surface area contributed by atoms with Crippen LogP contribution < -0.4 is 5.73 Å². The topological polar surface area (TPSA) is 99.5 Å². The second kappa shape index (κ2) is 4.74. The molecule has 1 amide bonds. The van der Waals surface area contributed by atoms with Crippen LogP contribution in [0.3, 0.4) is 0 Å². The maximum Gasteiger partial charge on any atom is 0.245 e. The summed E-state index contributed by atoms with van der Waals surface area (Å²) in [6.45, 7) is 0.552. The molecule has 0 unspecified atom stereocenters. The van der Waals surface area contributed by atoms with Crippen molar-refractivity contribution in [3.05, 3.63) is 24.4 Å². The van der Waals surface area contributed by atoms with Gasteiger partial charge in [-0.2, -0.15) is 4.31 Å². The van der Waals surface area contributed by atoms with Crippen molar-refractivity contribution in [1.82, 2.24) is 14.2 Å². The van der Waals surface area contributed by atoms with Crippen LogP contribution in [0.15, 0.2) is 29.3 Å². The summed E-state index contributed by atoms with van der Waals surface area (Å²) in [6, 6.07) is 5.06. The summed E-state index contributed by atoms with van der Waals surface area (Å²) >= 11 is 0. The molecule has 1 aromatic carbocycles. The van der Waals surface area contributed by atoms with E-state index < -0.39 is 10.0 Å². The highest BCUT2D eigenvalue weighted by Crippen LogP contribution is 2.27. The normalized spacial score (nSPS) is 17.6. The maximum absolute atomic E-state index is 12.7. The number of piperazine rings is 1. The number of nitrogens with zero attached hydrogens (tertiary/aromatic N) is 2. The Morgan fingerprint density at radius 3 is 2.76 bits per heavy atom. The number of aromatic nitrogens is 1. The molecule has 1 fully saturated rings. The van der Waals surface area contributed by atoms with Crippen LogP contribution in [0, 0.1) is 0 Å². The lowest BCUT2D eigenvalue weighted by Crippen LogP contribution is -2.50. The van der Waals surface area contributed by atoms with E-state index in [4.69, 9.17) is 5.73 Å². The molecule has 7 nitrogen and oxygen atoms in total. The Bertz CT molecular complexity index is 812. The number of likely N-dealkylation sites (N-methyl/N-ethyl adjacent to an activating group) is 1. The van der Waals surface area contributed by atoms with Crippen LogP contribution in [0.2, 0.25) is 0 Å². The van der Waals surface area contributed by atoms with Crippen molar-refractivity contribution in [2.75, 3.05) is 32.4 Å². The number of hydrogen-bond acceptors (Lipinski definition) is 4. The molecule has 0 spiro atoms. The van der Waals surface area contributed by atoms with E-state index in [0.29, 0.717) is 29.7 Å². The number of fused-ring (bicyclic) bond motifs is 1. The summed E-state index contributed by atoms with van der Waals surface area (Å²) < 4.78 is 26.6. The highest BCUT2D eigenvalue weighted by atomic mass is 32.2. The number of carbonyl (C=O) groups is 1. The molecule has 1 aliphatic heterocycles. The van der Waals surface area contributed by atoms with Crippen molar-refractivity contribution < 1.29 is 13.2 Å². The molecule has 1 saturated heterocycles. The number of amides is 1. The van der Waals surface area contributed by atoms with Gasteiger partial charge in [0.2, 0.25) is 15.9 Å². The fourth-order valence-electron chi connectivity index (χ4n) is 2.41. The highest BCUT2D eigenvalue weighted by molar-refractivity contribution is 7.89. The SMILES string of the molecule is CN1CCN(S(=O)(=O)c2c[nH]c3ccc(N)cc23)CC1=O. The molecule has 0 aliphatic carbocycles. The number of carbonyl (C=O) groups excluding carboxylic acids is 1. The number of sulfonamides is 1. The smallest absolute Gasteiger partial charge is 0.245 e. The quantitative estimate of drug-likeness (QED) is 0.775. The first kappa shape index (κ1) is 13.9. The third-order valence-corrected chi connectivity index (χ3v) is 5.59. The van der Waals surface area contributed by atoms with Crippen LogP contribution >= 0.6 is 0 Å². The van der Waals surface area contributed by atoms with E-state index in [2.05, 4.69) is 4.98 Å². The summed E-state index contributed by atoms with van der Waals surface area (Å²) in [6.07, 6.45) is 1.45. The number of nitrogens with one attached hydrogen (secondary N) is 1. The minimum absolute atomic E-state index is 0.131. The average molecular weight is 308 g/mol. The monoisotopic (exact) mass is 308 g/mol. The molecule has 3 rings (SSSR count). The zero-order valence-electron chi connectivity index (χ0n) is 11.5. The van der Waals surface area contributed by atoms with Gasteiger partial charge in [-0.25, -0.2) is 8.42 Å². The van der Waals surface area contributed by atoms with Gasteiger partial charge in [0.05, 0.1) is 6.54 Å². The summed E-state index contributed by atoms with van der Waals surface area (Å²) in [7, 11) is -2.05.